The second kappa shape index (κ2) is 5.95. The third-order valence-corrected chi connectivity index (χ3v) is 4.54. The van der Waals surface area contributed by atoms with E-state index >= 15 is 0 Å². The molecule has 2 rings (SSSR count). The van der Waals surface area contributed by atoms with Gasteiger partial charge in [-0.3, -0.25) is 4.79 Å². The average molecular weight is 359 g/mol. The van der Waals surface area contributed by atoms with E-state index in [1.54, 1.807) is 30.3 Å². The van der Waals surface area contributed by atoms with E-state index in [2.05, 4.69) is 21.2 Å². The Balaban J connectivity index is 2.31. The fourth-order valence-corrected chi connectivity index (χ4v) is 2.36. The molecule has 0 spiro atoms. The molecule has 0 aliphatic rings. The standard InChI is InChI=1S/C14H10BrCl2NO/c1-8-4-2-5-9(13(8)17)14(19)18-11-7-3-6-10(16)12(11)15/h2-7H,1H3,(H,18,19). The topological polar surface area (TPSA) is 29.1 Å². The molecule has 0 bridgehead atoms. The molecule has 2 aromatic carbocycles. The van der Waals surface area contributed by atoms with Crippen LogP contribution in [-0.4, -0.2) is 5.91 Å². The molecule has 0 aromatic heterocycles. The number of carbonyl (C=O) groups is 1. The van der Waals surface area contributed by atoms with Gasteiger partial charge in [0.15, 0.2) is 0 Å². The van der Waals surface area contributed by atoms with Crippen molar-refractivity contribution >= 4 is 50.7 Å². The van der Waals surface area contributed by atoms with E-state index in [0.29, 0.717) is 25.8 Å². The van der Waals surface area contributed by atoms with Crippen LogP contribution in [0, 0.1) is 6.92 Å². The zero-order chi connectivity index (χ0) is 14.0. The molecule has 0 atom stereocenters. The van der Waals surface area contributed by atoms with Gasteiger partial charge < -0.3 is 5.32 Å². The first-order chi connectivity index (χ1) is 9.00. The number of benzene rings is 2. The van der Waals surface area contributed by atoms with Crippen molar-refractivity contribution in [3.63, 3.8) is 0 Å². The minimum Gasteiger partial charge on any atom is -0.321 e. The van der Waals surface area contributed by atoms with Crippen molar-refractivity contribution in [1.29, 1.82) is 0 Å². The fourth-order valence-electron chi connectivity index (χ4n) is 1.61. The Labute approximate surface area is 129 Å². The molecule has 2 aromatic rings. The summed E-state index contributed by atoms with van der Waals surface area (Å²) in [5.74, 6) is -0.267. The highest BCUT2D eigenvalue weighted by molar-refractivity contribution is 9.10. The Morgan fingerprint density at radius 3 is 2.58 bits per heavy atom. The lowest BCUT2D eigenvalue weighted by molar-refractivity contribution is 0.102. The molecule has 0 unspecified atom stereocenters. The molecule has 0 aliphatic heterocycles. The average Bonchev–Trinajstić information content (AvgIpc) is 2.38. The molecule has 0 aliphatic carbocycles. The molecule has 98 valence electrons. The molecule has 19 heavy (non-hydrogen) atoms. The monoisotopic (exact) mass is 357 g/mol. The van der Waals surface area contributed by atoms with E-state index in [9.17, 15) is 4.79 Å². The summed E-state index contributed by atoms with van der Waals surface area (Å²) in [7, 11) is 0. The zero-order valence-corrected chi connectivity index (χ0v) is 13.1. The summed E-state index contributed by atoms with van der Waals surface area (Å²) < 4.78 is 0.647. The number of hydrogen-bond acceptors (Lipinski definition) is 1. The number of aryl methyl sites for hydroxylation is 1. The van der Waals surface area contributed by atoms with E-state index in [0.717, 1.165) is 5.56 Å². The highest BCUT2D eigenvalue weighted by atomic mass is 79.9. The van der Waals surface area contributed by atoms with Gasteiger partial charge in [0, 0.05) is 0 Å². The van der Waals surface area contributed by atoms with Gasteiger partial charge in [-0.05, 0) is 46.6 Å². The molecule has 2 nitrogen and oxygen atoms in total. The SMILES string of the molecule is Cc1cccc(C(=O)Nc2cccc(Cl)c2Br)c1Cl. The van der Waals surface area contributed by atoms with Crippen LogP contribution in [0.4, 0.5) is 5.69 Å². The Hall–Kier alpha value is -1.03. The van der Waals surface area contributed by atoms with Crippen molar-refractivity contribution in [1.82, 2.24) is 0 Å². The number of carbonyl (C=O) groups excluding carboxylic acids is 1. The lowest BCUT2D eigenvalue weighted by Crippen LogP contribution is -2.13. The van der Waals surface area contributed by atoms with Crippen LogP contribution in [0.5, 0.6) is 0 Å². The van der Waals surface area contributed by atoms with Crippen LogP contribution in [-0.2, 0) is 0 Å². The number of nitrogens with one attached hydrogen (secondary N) is 1. The van der Waals surface area contributed by atoms with Gasteiger partial charge in [0.2, 0.25) is 0 Å². The first-order valence-electron chi connectivity index (χ1n) is 5.51. The highest BCUT2D eigenvalue weighted by Crippen LogP contribution is 2.31. The van der Waals surface area contributed by atoms with Crippen LogP contribution in [0.3, 0.4) is 0 Å². The first-order valence-corrected chi connectivity index (χ1v) is 7.06. The van der Waals surface area contributed by atoms with Crippen molar-refractivity contribution in [2.45, 2.75) is 6.92 Å². The molecular formula is C14H10BrCl2NO. The third kappa shape index (κ3) is 3.11. The molecule has 1 amide bonds. The zero-order valence-electron chi connectivity index (χ0n) is 10.0. The highest BCUT2D eigenvalue weighted by Gasteiger charge is 2.13. The Morgan fingerprint density at radius 2 is 1.84 bits per heavy atom. The van der Waals surface area contributed by atoms with Crippen LogP contribution < -0.4 is 5.32 Å². The van der Waals surface area contributed by atoms with Gasteiger partial charge in [0.05, 0.1) is 25.8 Å². The van der Waals surface area contributed by atoms with E-state index in [1.165, 1.54) is 0 Å². The maximum atomic E-state index is 12.2. The number of hydrogen-bond donors (Lipinski definition) is 1. The summed E-state index contributed by atoms with van der Waals surface area (Å²) in [6, 6.07) is 10.6. The van der Waals surface area contributed by atoms with E-state index in [1.807, 2.05) is 13.0 Å². The van der Waals surface area contributed by atoms with Crippen molar-refractivity contribution in [2.75, 3.05) is 5.32 Å². The minimum absolute atomic E-state index is 0.267. The third-order valence-electron chi connectivity index (χ3n) is 2.64. The van der Waals surface area contributed by atoms with Crippen LogP contribution >= 0.6 is 39.1 Å². The summed E-state index contributed by atoms with van der Waals surface area (Å²) in [4.78, 5) is 12.2. The Kier molecular flexibility index (Phi) is 4.50. The van der Waals surface area contributed by atoms with Crippen molar-refractivity contribution < 1.29 is 4.79 Å². The smallest absolute Gasteiger partial charge is 0.257 e. The summed E-state index contributed by atoms with van der Waals surface area (Å²) >= 11 is 15.4. The summed E-state index contributed by atoms with van der Waals surface area (Å²) in [5, 5.41) is 3.77. The summed E-state index contributed by atoms with van der Waals surface area (Å²) in [6.45, 7) is 1.86. The van der Waals surface area contributed by atoms with Crippen molar-refractivity contribution in [3.8, 4) is 0 Å². The second-order valence-electron chi connectivity index (χ2n) is 3.99. The van der Waals surface area contributed by atoms with Crippen LogP contribution in [0.1, 0.15) is 15.9 Å². The van der Waals surface area contributed by atoms with Gasteiger partial charge in [-0.15, -0.1) is 0 Å². The second-order valence-corrected chi connectivity index (χ2v) is 5.57. The normalized spacial score (nSPS) is 10.3. The van der Waals surface area contributed by atoms with Crippen LogP contribution in [0.15, 0.2) is 40.9 Å². The number of rotatable bonds is 2. The molecular weight excluding hydrogens is 349 g/mol. The largest absolute Gasteiger partial charge is 0.321 e. The Bertz CT molecular complexity index is 643. The molecule has 0 saturated heterocycles. The maximum absolute atomic E-state index is 12.2. The van der Waals surface area contributed by atoms with E-state index < -0.39 is 0 Å². The molecule has 0 heterocycles. The lowest BCUT2D eigenvalue weighted by Gasteiger charge is -2.10. The van der Waals surface area contributed by atoms with Gasteiger partial charge >= 0.3 is 0 Å². The lowest BCUT2D eigenvalue weighted by atomic mass is 10.1. The molecule has 0 fully saturated rings. The number of halogens is 3. The molecule has 0 saturated carbocycles. The van der Waals surface area contributed by atoms with E-state index in [4.69, 9.17) is 23.2 Å². The Morgan fingerprint density at radius 1 is 1.16 bits per heavy atom. The van der Waals surface area contributed by atoms with Crippen LogP contribution in [0.2, 0.25) is 10.0 Å². The fraction of sp³-hybridized carbons (Fsp3) is 0.0714. The van der Waals surface area contributed by atoms with Gasteiger partial charge in [-0.1, -0.05) is 41.4 Å². The number of amides is 1. The summed E-state index contributed by atoms with van der Waals surface area (Å²) in [6.07, 6.45) is 0. The van der Waals surface area contributed by atoms with Gasteiger partial charge in [0.25, 0.3) is 5.91 Å². The van der Waals surface area contributed by atoms with Gasteiger partial charge in [-0.2, -0.15) is 0 Å². The van der Waals surface area contributed by atoms with Gasteiger partial charge in [0.1, 0.15) is 0 Å². The number of anilines is 1. The van der Waals surface area contributed by atoms with Gasteiger partial charge in [-0.25, -0.2) is 0 Å². The van der Waals surface area contributed by atoms with Crippen molar-refractivity contribution in [2.24, 2.45) is 0 Å². The predicted octanol–water partition coefficient (Wildman–Crippen LogP) is 5.32. The molecule has 5 heteroatoms. The van der Waals surface area contributed by atoms with E-state index in [-0.39, 0.29) is 5.91 Å². The van der Waals surface area contributed by atoms with Crippen molar-refractivity contribution in [3.05, 3.63) is 62.0 Å². The molecule has 0 radical (unpaired) electrons. The summed E-state index contributed by atoms with van der Waals surface area (Å²) in [5.41, 5.74) is 1.91. The quantitative estimate of drug-likeness (QED) is 0.773. The first kappa shape index (κ1) is 14.4. The maximum Gasteiger partial charge on any atom is 0.257 e. The molecule has 1 N–H and O–H groups in total. The van der Waals surface area contributed by atoms with Crippen LogP contribution in [0.25, 0.3) is 0 Å². The predicted molar refractivity (Wildman–Crippen MR) is 83.3 cm³/mol. The minimum atomic E-state index is -0.267.